The van der Waals surface area contributed by atoms with Crippen molar-refractivity contribution in [1.29, 1.82) is 0 Å². The van der Waals surface area contributed by atoms with Crippen LogP contribution in [0.2, 0.25) is 0 Å². The molecule has 0 radical (unpaired) electrons. The molecule has 116 valence electrons. The van der Waals surface area contributed by atoms with E-state index < -0.39 is 39.2 Å². The van der Waals surface area contributed by atoms with Gasteiger partial charge in [0.1, 0.15) is 11.5 Å². The van der Waals surface area contributed by atoms with E-state index in [0.29, 0.717) is 5.69 Å². The van der Waals surface area contributed by atoms with Crippen LogP contribution in [0.5, 0.6) is 0 Å². The minimum absolute atomic E-state index is 0.317. The van der Waals surface area contributed by atoms with Gasteiger partial charge in [-0.3, -0.25) is 0 Å². The molecule has 2 N–H and O–H groups in total. The lowest BCUT2D eigenvalue weighted by Gasteiger charge is -2.13. The van der Waals surface area contributed by atoms with Crippen molar-refractivity contribution in [2.24, 2.45) is 0 Å². The van der Waals surface area contributed by atoms with Crippen LogP contribution in [0.1, 0.15) is 0 Å². The summed E-state index contributed by atoms with van der Waals surface area (Å²) in [6.07, 6.45) is 0. The average molecular weight is 397 g/mol. The van der Waals surface area contributed by atoms with Gasteiger partial charge >= 0.3 is 0 Å². The lowest BCUT2D eigenvalue weighted by molar-refractivity contribution is 0.452. The number of benzene rings is 2. The van der Waals surface area contributed by atoms with E-state index in [1.807, 2.05) is 5.32 Å². The SMILES string of the molecule is Fc1ccc(NC(=S)Nc2c(F)c(F)c(Br)c(F)c2F)cc1. The predicted octanol–water partition coefficient (Wildman–Crippen LogP) is 4.95. The third-order valence-electron chi connectivity index (χ3n) is 2.55. The van der Waals surface area contributed by atoms with Gasteiger partial charge in [-0.1, -0.05) is 0 Å². The van der Waals surface area contributed by atoms with Gasteiger partial charge in [0.15, 0.2) is 28.4 Å². The van der Waals surface area contributed by atoms with Crippen molar-refractivity contribution in [2.75, 3.05) is 10.6 Å². The molecule has 2 aromatic carbocycles. The maximum Gasteiger partial charge on any atom is 0.186 e. The number of thiocarbonyl (C=S) groups is 1. The maximum absolute atomic E-state index is 13.6. The van der Waals surface area contributed by atoms with Gasteiger partial charge in [-0.2, -0.15) is 0 Å². The Morgan fingerprint density at radius 1 is 0.818 bits per heavy atom. The predicted molar refractivity (Wildman–Crippen MR) is 80.2 cm³/mol. The molecule has 0 aromatic heterocycles. The number of hydrogen-bond donors (Lipinski definition) is 2. The van der Waals surface area contributed by atoms with Gasteiger partial charge in [0.25, 0.3) is 0 Å². The molecule has 0 heterocycles. The molecule has 0 fully saturated rings. The van der Waals surface area contributed by atoms with E-state index in [4.69, 9.17) is 12.2 Å². The van der Waals surface area contributed by atoms with Crippen molar-refractivity contribution in [3.63, 3.8) is 0 Å². The van der Waals surface area contributed by atoms with Crippen LogP contribution in [-0.4, -0.2) is 5.11 Å². The van der Waals surface area contributed by atoms with Gasteiger partial charge in [-0.25, -0.2) is 22.0 Å². The van der Waals surface area contributed by atoms with Gasteiger partial charge in [0.2, 0.25) is 0 Å². The van der Waals surface area contributed by atoms with E-state index in [1.165, 1.54) is 12.1 Å². The second kappa shape index (κ2) is 6.57. The number of anilines is 2. The summed E-state index contributed by atoms with van der Waals surface area (Å²) >= 11 is 7.18. The summed E-state index contributed by atoms with van der Waals surface area (Å²) in [4.78, 5) is 0. The van der Waals surface area contributed by atoms with Crippen LogP contribution >= 0.6 is 28.1 Å². The fourth-order valence-corrected chi connectivity index (χ4v) is 2.09. The molecule has 0 aliphatic carbocycles. The first-order valence-corrected chi connectivity index (χ1v) is 6.86. The fraction of sp³-hybridized carbons (Fsp3) is 0. The first-order valence-electron chi connectivity index (χ1n) is 5.66. The summed E-state index contributed by atoms with van der Waals surface area (Å²) < 4.78 is 65.8. The first kappa shape index (κ1) is 16.6. The second-order valence-electron chi connectivity index (χ2n) is 4.03. The molecule has 0 atom stereocenters. The first-order chi connectivity index (χ1) is 10.3. The van der Waals surface area contributed by atoms with Crippen molar-refractivity contribution < 1.29 is 22.0 Å². The molecule has 0 spiro atoms. The van der Waals surface area contributed by atoms with Crippen molar-refractivity contribution in [3.05, 3.63) is 57.8 Å². The molecule has 2 aromatic rings. The Bertz CT molecular complexity index is 707. The molecule has 0 amide bonds. The second-order valence-corrected chi connectivity index (χ2v) is 5.23. The van der Waals surface area contributed by atoms with Gasteiger partial charge in [0.05, 0.1) is 4.47 Å². The highest BCUT2D eigenvalue weighted by Gasteiger charge is 2.24. The summed E-state index contributed by atoms with van der Waals surface area (Å²) in [5, 5.41) is 4.19. The van der Waals surface area contributed by atoms with Crippen molar-refractivity contribution in [3.8, 4) is 0 Å². The normalized spacial score (nSPS) is 10.5. The van der Waals surface area contributed by atoms with Crippen LogP contribution in [0.3, 0.4) is 0 Å². The van der Waals surface area contributed by atoms with E-state index in [0.717, 1.165) is 12.1 Å². The molecule has 2 rings (SSSR count). The van der Waals surface area contributed by atoms with Gasteiger partial charge in [-0.15, -0.1) is 0 Å². The highest BCUT2D eigenvalue weighted by atomic mass is 79.9. The number of nitrogens with one attached hydrogen (secondary N) is 2. The van der Waals surface area contributed by atoms with Crippen LogP contribution in [0.25, 0.3) is 0 Å². The third kappa shape index (κ3) is 3.36. The summed E-state index contributed by atoms with van der Waals surface area (Å²) in [5.74, 6) is -6.93. The Morgan fingerprint density at radius 3 is 1.82 bits per heavy atom. The highest BCUT2D eigenvalue weighted by Crippen LogP contribution is 2.31. The van der Waals surface area contributed by atoms with E-state index in [1.54, 1.807) is 0 Å². The lowest BCUT2D eigenvalue weighted by Crippen LogP contribution is -2.21. The molecule has 0 unspecified atom stereocenters. The molecule has 0 saturated carbocycles. The van der Waals surface area contributed by atoms with Gasteiger partial charge < -0.3 is 10.6 Å². The van der Waals surface area contributed by atoms with Crippen LogP contribution in [0, 0.1) is 29.1 Å². The molecule has 9 heteroatoms. The largest absolute Gasteiger partial charge is 0.332 e. The minimum Gasteiger partial charge on any atom is -0.332 e. The highest BCUT2D eigenvalue weighted by molar-refractivity contribution is 9.10. The van der Waals surface area contributed by atoms with Crippen molar-refractivity contribution in [1.82, 2.24) is 0 Å². The Kier molecular flexibility index (Phi) is 4.97. The standard InChI is InChI=1S/C13H6BrF5N2S/c14-7-8(16)10(18)12(11(19)9(7)17)21-13(22)20-6-3-1-5(15)2-4-6/h1-4H,(H2,20,21,22). The van der Waals surface area contributed by atoms with E-state index >= 15 is 0 Å². The molecule has 0 aliphatic rings. The van der Waals surface area contributed by atoms with Gasteiger partial charge in [-0.05, 0) is 52.4 Å². The van der Waals surface area contributed by atoms with E-state index in [2.05, 4.69) is 21.2 Å². The fourth-order valence-electron chi connectivity index (χ4n) is 1.52. The third-order valence-corrected chi connectivity index (χ3v) is 3.45. The Morgan fingerprint density at radius 2 is 1.32 bits per heavy atom. The molecule has 0 aliphatic heterocycles. The monoisotopic (exact) mass is 396 g/mol. The van der Waals surface area contributed by atoms with Crippen LogP contribution < -0.4 is 10.6 Å². The molecule has 22 heavy (non-hydrogen) atoms. The Balaban J connectivity index is 2.24. The van der Waals surface area contributed by atoms with E-state index in [-0.39, 0.29) is 5.11 Å². The number of hydrogen-bond acceptors (Lipinski definition) is 1. The zero-order chi connectivity index (χ0) is 16.4. The Hall–Kier alpha value is -1.74. The zero-order valence-corrected chi connectivity index (χ0v) is 12.9. The molecule has 2 nitrogen and oxygen atoms in total. The number of rotatable bonds is 2. The lowest BCUT2D eigenvalue weighted by atomic mass is 10.2. The van der Waals surface area contributed by atoms with Crippen molar-refractivity contribution in [2.45, 2.75) is 0 Å². The minimum atomic E-state index is -1.63. The summed E-state index contributed by atoms with van der Waals surface area (Å²) in [7, 11) is 0. The molecule has 0 bridgehead atoms. The van der Waals surface area contributed by atoms with Crippen LogP contribution in [-0.2, 0) is 0 Å². The van der Waals surface area contributed by atoms with Gasteiger partial charge in [0, 0.05) is 5.69 Å². The summed E-state index contributed by atoms with van der Waals surface area (Å²) in [6, 6.07) is 4.90. The Labute approximate surface area is 135 Å². The number of halogens is 6. The van der Waals surface area contributed by atoms with Crippen molar-refractivity contribution >= 4 is 44.6 Å². The quantitative estimate of drug-likeness (QED) is 0.325. The molecule has 0 saturated heterocycles. The maximum atomic E-state index is 13.6. The topological polar surface area (TPSA) is 24.1 Å². The average Bonchev–Trinajstić information content (AvgIpc) is 2.50. The zero-order valence-electron chi connectivity index (χ0n) is 10.5. The van der Waals surface area contributed by atoms with Crippen LogP contribution in [0.15, 0.2) is 28.7 Å². The molecular weight excluding hydrogens is 391 g/mol. The molecular formula is C13H6BrF5N2S. The van der Waals surface area contributed by atoms with Crippen LogP contribution in [0.4, 0.5) is 33.3 Å². The smallest absolute Gasteiger partial charge is 0.186 e. The summed E-state index contributed by atoms with van der Waals surface area (Å²) in [5.41, 5.74) is -0.754. The van der Waals surface area contributed by atoms with E-state index in [9.17, 15) is 22.0 Å². The summed E-state index contributed by atoms with van der Waals surface area (Å²) in [6.45, 7) is 0.